The Hall–Kier alpha value is -2.56. The molecule has 104 valence electrons. The molecule has 0 bridgehead atoms. The highest BCUT2D eigenvalue weighted by Gasteiger charge is 2.20. The van der Waals surface area contributed by atoms with Crippen LogP contribution in [0.15, 0.2) is 24.3 Å². The summed E-state index contributed by atoms with van der Waals surface area (Å²) in [7, 11) is 0. The topological polar surface area (TPSA) is 90.2 Å². The van der Waals surface area contributed by atoms with Crippen LogP contribution in [-0.4, -0.2) is 27.0 Å². The third-order valence-electron chi connectivity index (χ3n) is 3.53. The molecule has 4 N–H and O–H groups in total. The minimum atomic E-state index is -0.715. The molecule has 0 unspecified atom stereocenters. The number of ether oxygens (including phenoxy) is 1. The van der Waals surface area contributed by atoms with Crippen LogP contribution >= 0.6 is 0 Å². The molecule has 0 fully saturated rings. The molecule has 0 amide bonds. The van der Waals surface area contributed by atoms with E-state index in [9.17, 15) is 20.4 Å². The predicted molar refractivity (Wildman–Crippen MR) is 71.5 cm³/mol. The smallest absolute Gasteiger partial charge is 0.204 e. The molecule has 2 aromatic carbocycles. The van der Waals surface area contributed by atoms with E-state index in [1.54, 1.807) is 0 Å². The van der Waals surface area contributed by atoms with Crippen LogP contribution in [-0.2, 0) is 12.8 Å². The number of hydrogen-bond acceptors (Lipinski definition) is 5. The SMILES string of the molecule is Oc1cc(Cc2cccc3c2CCO3)c(O)c(O)c1O. The summed E-state index contributed by atoms with van der Waals surface area (Å²) in [4.78, 5) is 0. The Morgan fingerprint density at radius 2 is 1.75 bits per heavy atom. The van der Waals surface area contributed by atoms with Gasteiger partial charge in [-0.2, -0.15) is 0 Å². The Balaban J connectivity index is 2.03. The van der Waals surface area contributed by atoms with Gasteiger partial charge in [0.15, 0.2) is 11.5 Å². The van der Waals surface area contributed by atoms with Gasteiger partial charge in [0.2, 0.25) is 11.5 Å². The molecule has 3 rings (SSSR count). The van der Waals surface area contributed by atoms with E-state index in [1.807, 2.05) is 18.2 Å². The number of aromatic hydroxyl groups is 4. The molecular weight excluding hydrogens is 260 g/mol. The van der Waals surface area contributed by atoms with Gasteiger partial charge < -0.3 is 25.2 Å². The molecular formula is C15H14O5. The van der Waals surface area contributed by atoms with Crippen molar-refractivity contribution in [2.45, 2.75) is 12.8 Å². The normalized spacial score (nSPS) is 13.0. The van der Waals surface area contributed by atoms with Crippen molar-refractivity contribution in [1.29, 1.82) is 0 Å². The van der Waals surface area contributed by atoms with Crippen molar-refractivity contribution in [3.05, 3.63) is 41.0 Å². The molecule has 5 nitrogen and oxygen atoms in total. The van der Waals surface area contributed by atoms with Gasteiger partial charge in [-0.25, -0.2) is 0 Å². The fourth-order valence-corrected chi connectivity index (χ4v) is 2.49. The second kappa shape index (κ2) is 4.52. The Kier molecular flexibility index (Phi) is 2.82. The summed E-state index contributed by atoms with van der Waals surface area (Å²) < 4.78 is 5.47. The molecule has 0 saturated heterocycles. The molecule has 2 aromatic rings. The van der Waals surface area contributed by atoms with Crippen LogP contribution in [0.3, 0.4) is 0 Å². The molecule has 1 aliphatic heterocycles. The summed E-state index contributed by atoms with van der Waals surface area (Å²) in [5.41, 5.74) is 2.37. The van der Waals surface area contributed by atoms with Gasteiger partial charge in [0, 0.05) is 24.0 Å². The van der Waals surface area contributed by atoms with Gasteiger partial charge in [0.05, 0.1) is 6.61 Å². The number of benzene rings is 2. The monoisotopic (exact) mass is 274 g/mol. The summed E-state index contributed by atoms with van der Waals surface area (Å²) in [5.74, 6) is -1.47. The number of phenolic OH excluding ortho intramolecular Hbond substituents is 4. The van der Waals surface area contributed by atoms with Gasteiger partial charge in [-0.05, 0) is 17.7 Å². The quantitative estimate of drug-likeness (QED) is 0.497. The molecule has 0 spiro atoms. The number of fused-ring (bicyclic) bond motifs is 1. The zero-order valence-electron chi connectivity index (χ0n) is 10.6. The molecule has 0 radical (unpaired) electrons. The lowest BCUT2D eigenvalue weighted by Crippen LogP contribution is -1.94. The summed E-state index contributed by atoms with van der Waals surface area (Å²) in [6, 6.07) is 6.90. The highest BCUT2D eigenvalue weighted by Crippen LogP contribution is 2.44. The average molecular weight is 274 g/mol. The molecule has 20 heavy (non-hydrogen) atoms. The van der Waals surface area contributed by atoms with Gasteiger partial charge in [0.1, 0.15) is 5.75 Å². The number of hydrogen-bond donors (Lipinski definition) is 4. The van der Waals surface area contributed by atoms with Crippen LogP contribution in [0.5, 0.6) is 28.7 Å². The van der Waals surface area contributed by atoms with Gasteiger partial charge in [-0.15, -0.1) is 0 Å². The van der Waals surface area contributed by atoms with Crippen LogP contribution in [0, 0.1) is 0 Å². The third kappa shape index (κ3) is 1.87. The fraction of sp³-hybridized carbons (Fsp3) is 0.200. The van der Waals surface area contributed by atoms with Gasteiger partial charge in [0.25, 0.3) is 0 Å². The lowest BCUT2D eigenvalue weighted by Gasteiger charge is -2.11. The third-order valence-corrected chi connectivity index (χ3v) is 3.53. The van der Waals surface area contributed by atoms with Crippen LogP contribution in [0.1, 0.15) is 16.7 Å². The van der Waals surface area contributed by atoms with Crippen molar-refractivity contribution in [1.82, 2.24) is 0 Å². The van der Waals surface area contributed by atoms with E-state index in [2.05, 4.69) is 0 Å². The molecule has 1 aliphatic rings. The zero-order chi connectivity index (χ0) is 14.3. The minimum absolute atomic E-state index is 0.333. The predicted octanol–water partition coefficient (Wildman–Crippen LogP) is 2.03. The van der Waals surface area contributed by atoms with E-state index in [4.69, 9.17) is 4.74 Å². The maximum absolute atomic E-state index is 9.86. The van der Waals surface area contributed by atoms with E-state index in [0.29, 0.717) is 18.6 Å². The molecule has 0 aromatic heterocycles. The van der Waals surface area contributed by atoms with Gasteiger partial charge in [-0.3, -0.25) is 0 Å². The Morgan fingerprint density at radius 3 is 2.55 bits per heavy atom. The van der Waals surface area contributed by atoms with Crippen molar-refractivity contribution < 1.29 is 25.2 Å². The zero-order valence-corrected chi connectivity index (χ0v) is 10.6. The molecule has 1 heterocycles. The minimum Gasteiger partial charge on any atom is -0.504 e. The molecule has 0 atom stereocenters. The summed E-state index contributed by atoms with van der Waals surface area (Å²) >= 11 is 0. The van der Waals surface area contributed by atoms with Crippen LogP contribution < -0.4 is 4.74 Å². The first-order chi connectivity index (χ1) is 9.58. The van der Waals surface area contributed by atoms with Crippen molar-refractivity contribution in [3.63, 3.8) is 0 Å². The van der Waals surface area contributed by atoms with E-state index >= 15 is 0 Å². The van der Waals surface area contributed by atoms with Gasteiger partial charge >= 0.3 is 0 Å². The lowest BCUT2D eigenvalue weighted by molar-refractivity contribution is 0.344. The Bertz CT molecular complexity index is 678. The first kappa shape index (κ1) is 12.5. The largest absolute Gasteiger partial charge is 0.504 e. The van der Waals surface area contributed by atoms with Crippen LogP contribution in [0.2, 0.25) is 0 Å². The first-order valence-electron chi connectivity index (χ1n) is 6.27. The second-order valence-electron chi connectivity index (χ2n) is 4.77. The number of rotatable bonds is 2. The van der Waals surface area contributed by atoms with E-state index in [-0.39, 0.29) is 0 Å². The Labute approximate surface area is 115 Å². The van der Waals surface area contributed by atoms with E-state index in [0.717, 1.165) is 23.3 Å². The van der Waals surface area contributed by atoms with Crippen molar-refractivity contribution >= 4 is 0 Å². The maximum Gasteiger partial charge on any atom is 0.204 e. The molecule has 0 aliphatic carbocycles. The standard InChI is InChI=1S/C15H14O5/c16-11-7-9(13(17)15(19)14(11)18)6-8-2-1-3-12-10(8)4-5-20-12/h1-3,7,16-19H,4-6H2. The average Bonchev–Trinajstić information content (AvgIpc) is 2.92. The lowest BCUT2D eigenvalue weighted by atomic mass is 9.97. The van der Waals surface area contributed by atoms with Crippen LogP contribution in [0.4, 0.5) is 0 Å². The van der Waals surface area contributed by atoms with Crippen LogP contribution in [0.25, 0.3) is 0 Å². The van der Waals surface area contributed by atoms with Gasteiger partial charge in [-0.1, -0.05) is 12.1 Å². The highest BCUT2D eigenvalue weighted by atomic mass is 16.5. The highest BCUT2D eigenvalue weighted by molar-refractivity contribution is 5.61. The summed E-state index contributed by atoms with van der Waals surface area (Å²) in [6.45, 7) is 0.629. The molecule has 0 saturated carbocycles. The fourth-order valence-electron chi connectivity index (χ4n) is 2.49. The van der Waals surface area contributed by atoms with Crippen molar-refractivity contribution in [2.75, 3.05) is 6.61 Å². The first-order valence-corrected chi connectivity index (χ1v) is 6.27. The summed E-state index contributed by atoms with van der Waals surface area (Å²) in [5, 5.41) is 38.3. The van der Waals surface area contributed by atoms with E-state index in [1.165, 1.54) is 6.07 Å². The maximum atomic E-state index is 9.86. The van der Waals surface area contributed by atoms with E-state index < -0.39 is 23.0 Å². The molecule has 5 heteroatoms. The second-order valence-corrected chi connectivity index (χ2v) is 4.77. The van der Waals surface area contributed by atoms with Crippen molar-refractivity contribution in [3.8, 4) is 28.7 Å². The number of phenols is 4. The van der Waals surface area contributed by atoms with Crippen molar-refractivity contribution in [2.24, 2.45) is 0 Å². The summed E-state index contributed by atoms with van der Waals surface area (Å²) in [6.07, 6.45) is 1.13. The Morgan fingerprint density at radius 1 is 0.950 bits per heavy atom.